The Balaban J connectivity index is 2.38. The number of benzene rings is 1. The minimum Gasteiger partial charge on any atom is -0.497 e. The average molecular weight is 300 g/mol. The molecule has 1 aliphatic rings. The third-order valence-corrected chi connectivity index (χ3v) is 3.85. The summed E-state index contributed by atoms with van der Waals surface area (Å²) < 4.78 is 11.8. The molecule has 94 valence electrons. The Hall–Kier alpha value is -0.740. The van der Waals surface area contributed by atoms with Gasteiger partial charge < -0.3 is 14.8 Å². The van der Waals surface area contributed by atoms with Gasteiger partial charge in [-0.3, -0.25) is 0 Å². The van der Waals surface area contributed by atoms with Crippen molar-refractivity contribution in [1.29, 1.82) is 0 Å². The highest BCUT2D eigenvalue weighted by Gasteiger charge is 2.21. The molecule has 1 fully saturated rings. The van der Waals surface area contributed by atoms with Gasteiger partial charge in [0.15, 0.2) is 0 Å². The van der Waals surface area contributed by atoms with E-state index in [4.69, 9.17) is 9.47 Å². The number of rotatable bonds is 3. The molecular formula is C13H18BrNO2. The Morgan fingerprint density at radius 1 is 1.18 bits per heavy atom. The van der Waals surface area contributed by atoms with E-state index in [1.165, 1.54) is 5.56 Å². The lowest BCUT2D eigenvalue weighted by atomic mass is 9.89. The van der Waals surface area contributed by atoms with E-state index in [1.54, 1.807) is 14.2 Å². The fraction of sp³-hybridized carbons (Fsp3) is 0.538. The standard InChI is InChI=1S/C13H18BrNO2/c1-16-10-7-11(9-3-5-15-6-4-9)13(17-2)12(14)8-10/h7-9,15H,3-6H2,1-2H3. The van der Waals surface area contributed by atoms with E-state index in [2.05, 4.69) is 27.3 Å². The van der Waals surface area contributed by atoms with Crippen molar-refractivity contribution in [2.75, 3.05) is 27.3 Å². The second kappa shape index (κ2) is 5.74. The van der Waals surface area contributed by atoms with Crippen molar-refractivity contribution in [3.8, 4) is 11.5 Å². The third kappa shape index (κ3) is 2.75. The van der Waals surface area contributed by atoms with Crippen molar-refractivity contribution in [3.05, 3.63) is 22.2 Å². The van der Waals surface area contributed by atoms with Gasteiger partial charge in [0.1, 0.15) is 11.5 Å². The molecule has 0 atom stereocenters. The molecule has 2 rings (SSSR count). The van der Waals surface area contributed by atoms with Crippen LogP contribution in [-0.4, -0.2) is 27.3 Å². The molecule has 1 saturated heterocycles. The Morgan fingerprint density at radius 3 is 2.47 bits per heavy atom. The summed E-state index contributed by atoms with van der Waals surface area (Å²) in [6, 6.07) is 4.04. The van der Waals surface area contributed by atoms with Gasteiger partial charge in [0.25, 0.3) is 0 Å². The molecule has 1 aromatic carbocycles. The maximum absolute atomic E-state index is 5.51. The molecule has 1 heterocycles. The van der Waals surface area contributed by atoms with Crippen LogP contribution in [0.15, 0.2) is 16.6 Å². The fourth-order valence-electron chi connectivity index (χ4n) is 2.36. The minimum atomic E-state index is 0.553. The zero-order valence-electron chi connectivity index (χ0n) is 10.3. The molecule has 4 heteroatoms. The smallest absolute Gasteiger partial charge is 0.136 e. The average Bonchev–Trinajstić information content (AvgIpc) is 2.38. The van der Waals surface area contributed by atoms with E-state index < -0.39 is 0 Å². The van der Waals surface area contributed by atoms with Gasteiger partial charge in [-0.15, -0.1) is 0 Å². The number of methoxy groups -OCH3 is 2. The van der Waals surface area contributed by atoms with E-state index in [1.807, 2.05) is 6.07 Å². The highest BCUT2D eigenvalue weighted by Crippen LogP contribution is 2.40. The molecular weight excluding hydrogens is 282 g/mol. The van der Waals surface area contributed by atoms with Crippen molar-refractivity contribution in [3.63, 3.8) is 0 Å². The van der Waals surface area contributed by atoms with Gasteiger partial charge in [-0.25, -0.2) is 0 Å². The van der Waals surface area contributed by atoms with Gasteiger partial charge in [-0.1, -0.05) is 0 Å². The Kier molecular flexibility index (Phi) is 4.29. The van der Waals surface area contributed by atoms with Gasteiger partial charge >= 0.3 is 0 Å². The Morgan fingerprint density at radius 2 is 1.88 bits per heavy atom. The summed E-state index contributed by atoms with van der Waals surface area (Å²) in [6.45, 7) is 2.14. The Bertz CT molecular complexity index is 389. The maximum Gasteiger partial charge on any atom is 0.136 e. The second-order valence-electron chi connectivity index (χ2n) is 4.26. The monoisotopic (exact) mass is 299 g/mol. The van der Waals surface area contributed by atoms with Gasteiger partial charge in [0, 0.05) is 5.56 Å². The summed E-state index contributed by atoms with van der Waals surface area (Å²) in [5.41, 5.74) is 1.25. The van der Waals surface area contributed by atoms with Crippen LogP contribution in [0.2, 0.25) is 0 Å². The third-order valence-electron chi connectivity index (χ3n) is 3.26. The number of hydrogen-bond acceptors (Lipinski definition) is 3. The molecule has 0 spiro atoms. The van der Waals surface area contributed by atoms with E-state index in [0.717, 1.165) is 41.9 Å². The number of nitrogens with one attached hydrogen (secondary N) is 1. The first-order valence-corrected chi connectivity index (χ1v) is 6.67. The van der Waals surface area contributed by atoms with Crippen molar-refractivity contribution in [2.45, 2.75) is 18.8 Å². The van der Waals surface area contributed by atoms with Gasteiger partial charge in [0.2, 0.25) is 0 Å². The highest BCUT2D eigenvalue weighted by molar-refractivity contribution is 9.10. The predicted octanol–water partition coefficient (Wildman–Crippen LogP) is 2.93. The zero-order valence-corrected chi connectivity index (χ0v) is 11.8. The number of ether oxygens (including phenoxy) is 2. The van der Waals surface area contributed by atoms with E-state index in [0.29, 0.717) is 5.92 Å². The van der Waals surface area contributed by atoms with Crippen molar-refractivity contribution < 1.29 is 9.47 Å². The molecule has 0 radical (unpaired) electrons. The normalized spacial score (nSPS) is 16.9. The largest absolute Gasteiger partial charge is 0.497 e. The van der Waals surface area contributed by atoms with Crippen LogP contribution >= 0.6 is 15.9 Å². The van der Waals surface area contributed by atoms with Crippen molar-refractivity contribution >= 4 is 15.9 Å². The van der Waals surface area contributed by atoms with Gasteiger partial charge in [-0.05, 0) is 59.9 Å². The Labute approximate surface area is 111 Å². The van der Waals surface area contributed by atoms with E-state index in [-0.39, 0.29) is 0 Å². The lowest BCUT2D eigenvalue weighted by molar-refractivity contribution is 0.381. The van der Waals surface area contributed by atoms with E-state index in [9.17, 15) is 0 Å². The predicted molar refractivity (Wildman–Crippen MR) is 72.1 cm³/mol. The number of hydrogen-bond donors (Lipinski definition) is 1. The number of halogens is 1. The van der Waals surface area contributed by atoms with Crippen LogP contribution in [0.5, 0.6) is 11.5 Å². The molecule has 3 nitrogen and oxygen atoms in total. The van der Waals surface area contributed by atoms with Crippen LogP contribution in [0.1, 0.15) is 24.3 Å². The summed E-state index contributed by atoms with van der Waals surface area (Å²) >= 11 is 3.54. The molecule has 1 aromatic rings. The lowest BCUT2D eigenvalue weighted by Gasteiger charge is -2.25. The summed E-state index contributed by atoms with van der Waals surface area (Å²) in [4.78, 5) is 0. The fourth-order valence-corrected chi connectivity index (χ4v) is 2.97. The van der Waals surface area contributed by atoms with Crippen LogP contribution in [0, 0.1) is 0 Å². The first-order valence-electron chi connectivity index (χ1n) is 5.88. The van der Waals surface area contributed by atoms with Crippen LogP contribution < -0.4 is 14.8 Å². The summed E-state index contributed by atoms with van der Waals surface area (Å²) in [5, 5.41) is 3.38. The molecule has 17 heavy (non-hydrogen) atoms. The molecule has 0 unspecified atom stereocenters. The first-order chi connectivity index (χ1) is 8.26. The zero-order chi connectivity index (χ0) is 12.3. The lowest BCUT2D eigenvalue weighted by Crippen LogP contribution is -2.26. The first kappa shape index (κ1) is 12.7. The van der Waals surface area contributed by atoms with Crippen LogP contribution in [0.3, 0.4) is 0 Å². The molecule has 0 aliphatic carbocycles. The van der Waals surface area contributed by atoms with Crippen molar-refractivity contribution in [2.24, 2.45) is 0 Å². The summed E-state index contributed by atoms with van der Waals surface area (Å²) in [7, 11) is 3.41. The quantitative estimate of drug-likeness (QED) is 0.931. The van der Waals surface area contributed by atoms with E-state index >= 15 is 0 Å². The molecule has 0 amide bonds. The minimum absolute atomic E-state index is 0.553. The topological polar surface area (TPSA) is 30.5 Å². The molecule has 1 aliphatic heterocycles. The summed E-state index contributed by atoms with van der Waals surface area (Å²) in [5.74, 6) is 2.38. The van der Waals surface area contributed by atoms with Gasteiger partial charge in [0.05, 0.1) is 18.7 Å². The van der Waals surface area contributed by atoms with Crippen LogP contribution in [-0.2, 0) is 0 Å². The van der Waals surface area contributed by atoms with Crippen molar-refractivity contribution in [1.82, 2.24) is 5.32 Å². The molecule has 0 saturated carbocycles. The van der Waals surface area contributed by atoms with Crippen LogP contribution in [0.25, 0.3) is 0 Å². The summed E-state index contributed by atoms with van der Waals surface area (Å²) in [6.07, 6.45) is 2.30. The van der Waals surface area contributed by atoms with Gasteiger partial charge in [-0.2, -0.15) is 0 Å². The SMILES string of the molecule is COc1cc(Br)c(OC)c(C2CCNCC2)c1. The molecule has 0 aromatic heterocycles. The highest BCUT2D eigenvalue weighted by atomic mass is 79.9. The number of piperidine rings is 1. The second-order valence-corrected chi connectivity index (χ2v) is 5.11. The maximum atomic E-state index is 5.51. The molecule has 1 N–H and O–H groups in total. The van der Waals surface area contributed by atoms with Crippen LogP contribution in [0.4, 0.5) is 0 Å². The molecule has 0 bridgehead atoms.